The SMILES string of the molecule is Cc1ccc(C(=O)N2CCCc3cc(C(=O)NC(C)C)ccc32)cc1. The zero-order valence-corrected chi connectivity index (χ0v) is 15.0. The number of benzene rings is 2. The second kappa shape index (κ2) is 7.09. The first-order chi connectivity index (χ1) is 12.0. The molecule has 2 aromatic rings. The Labute approximate surface area is 148 Å². The molecule has 0 aromatic heterocycles. The summed E-state index contributed by atoms with van der Waals surface area (Å²) in [6.07, 6.45) is 1.79. The first-order valence-electron chi connectivity index (χ1n) is 8.78. The topological polar surface area (TPSA) is 49.4 Å². The van der Waals surface area contributed by atoms with Gasteiger partial charge in [-0.3, -0.25) is 9.59 Å². The molecule has 0 bridgehead atoms. The number of anilines is 1. The average molecular weight is 336 g/mol. The summed E-state index contributed by atoms with van der Waals surface area (Å²) in [5.74, 6) is -0.0554. The van der Waals surface area contributed by atoms with Crippen LogP contribution >= 0.6 is 0 Å². The van der Waals surface area contributed by atoms with E-state index in [1.54, 1.807) is 6.07 Å². The van der Waals surface area contributed by atoms with Crippen molar-refractivity contribution in [2.45, 2.75) is 39.7 Å². The van der Waals surface area contributed by atoms with E-state index in [1.807, 2.05) is 62.1 Å². The van der Waals surface area contributed by atoms with Gasteiger partial charge in [-0.1, -0.05) is 17.7 Å². The van der Waals surface area contributed by atoms with Crippen molar-refractivity contribution in [3.05, 3.63) is 64.7 Å². The van der Waals surface area contributed by atoms with Crippen LogP contribution < -0.4 is 10.2 Å². The molecule has 4 nitrogen and oxygen atoms in total. The maximum Gasteiger partial charge on any atom is 0.258 e. The Morgan fingerprint density at radius 3 is 2.40 bits per heavy atom. The normalized spacial score (nSPS) is 13.5. The van der Waals surface area contributed by atoms with Gasteiger partial charge in [0.15, 0.2) is 0 Å². The Morgan fingerprint density at radius 2 is 1.72 bits per heavy atom. The molecule has 25 heavy (non-hydrogen) atoms. The van der Waals surface area contributed by atoms with Crippen molar-refractivity contribution in [2.24, 2.45) is 0 Å². The standard InChI is InChI=1S/C21H24N2O2/c1-14(2)22-20(24)18-10-11-19-17(13-18)5-4-12-23(19)21(25)16-8-6-15(3)7-9-16/h6-11,13-14H,4-5,12H2,1-3H3,(H,22,24). The average Bonchev–Trinajstić information content (AvgIpc) is 2.60. The minimum atomic E-state index is -0.0696. The molecule has 4 heteroatoms. The fraction of sp³-hybridized carbons (Fsp3) is 0.333. The van der Waals surface area contributed by atoms with Crippen molar-refractivity contribution in [1.82, 2.24) is 5.32 Å². The van der Waals surface area contributed by atoms with Crippen molar-refractivity contribution in [1.29, 1.82) is 0 Å². The van der Waals surface area contributed by atoms with E-state index in [9.17, 15) is 9.59 Å². The van der Waals surface area contributed by atoms with Crippen LogP contribution in [0.3, 0.4) is 0 Å². The summed E-state index contributed by atoms with van der Waals surface area (Å²) in [7, 11) is 0. The molecule has 2 amide bonds. The highest BCUT2D eigenvalue weighted by atomic mass is 16.2. The van der Waals surface area contributed by atoms with Crippen molar-refractivity contribution in [2.75, 3.05) is 11.4 Å². The van der Waals surface area contributed by atoms with Gasteiger partial charge in [-0.15, -0.1) is 0 Å². The Hall–Kier alpha value is -2.62. The first-order valence-corrected chi connectivity index (χ1v) is 8.78. The number of amides is 2. The van der Waals surface area contributed by atoms with E-state index in [-0.39, 0.29) is 17.9 Å². The number of nitrogens with zero attached hydrogens (tertiary/aromatic N) is 1. The summed E-state index contributed by atoms with van der Waals surface area (Å²) in [6.45, 7) is 6.60. The Kier molecular flexibility index (Phi) is 4.88. The number of fused-ring (bicyclic) bond motifs is 1. The van der Waals surface area contributed by atoms with Gasteiger partial charge < -0.3 is 10.2 Å². The van der Waals surface area contributed by atoms with E-state index in [4.69, 9.17) is 0 Å². The molecule has 0 atom stereocenters. The van der Waals surface area contributed by atoms with E-state index >= 15 is 0 Å². The Balaban J connectivity index is 1.88. The molecule has 0 saturated carbocycles. The molecule has 130 valence electrons. The van der Waals surface area contributed by atoms with Gasteiger partial charge in [0.25, 0.3) is 11.8 Å². The monoisotopic (exact) mass is 336 g/mol. The fourth-order valence-electron chi connectivity index (χ4n) is 3.15. The van der Waals surface area contributed by atoms with Crippen LogP contribution in [0.1, 0.15) is 52.1 Å². The molecule has 0 unspecified atom stereocenters. The lowest BCUT2D eigenvalue weighted by atomic mass is 9.98. The number of hydrogen-bond acceptors (Lipinski definition) is 2. The smallest absolute Gasteiger partial charge is 0.258 e. The highest BCUT2D eigenvalue weighted by Crippen LogP contribution is 2.29. The van der Waals surface area contributed by atoms with Gasteiger partial charge in [-0.05, 0) is 69.5 Å². The molecule has 1 aliphatic rings. The maximum absolute atomic E-state index is 12.9. The zero-order valence-electron chi connectivity index (χ0n) is 15.0. The second-order valence-corrected chi connectivity index (χ2v) is 6.90. The van der Waals surface area contributed by atoms with Crippen LogP contribution in [-0.4, -0.2) is 24.4 Å². The molecule has 3 rings (SSSR count). The molecular formula is C21H24N2O2. The van der Waals surface area contributed by atoms with Gasteiger partial charge in [0.2, 0.25) is 0 Å². The number of rotatable bonds is 3. The molecular weight excluding hydrogens is 312 g/mol. The van der Waals surface area contributed by atoms with E-state index in [2.05, 4.69) is 5.32 Å². The first kappa shape index (κ1) is 17.2. The number of hydrogen-bond donors (Lipinski definition) is 1. The van der Waals surface area contributed by atoms with Gasteiger partial charge in [0.1, 0.15) is 0 Å². The van der Waals surface area contributed by atoms with E-state index in [1.165, 1.54) is 0 Å². The van der Waals surface area contributed by atoms with Crippen LogP contribution in [0.2, 0.25) is 0 Å². The molecule has 2 aromatic carbocycles. The Bertz CT molecular complexity index is 794. The van der Waals surface area contributed by atoms with Gasteiger partial charge in [0, 0.05) is 29.4 Å². The van der Waals surface area contributed by atoms with Crippen LogP contribution in [0, 0.1) is 6.92 Å². The molecule has 0 saturated heterocycles. The van der Waals surface area contributed by atoms with Crippen molar-refractivity contribution in [3.8, 4) is 0 Å². The summed E-state index contributed by atoms with van der Waals surface area (Å²) in [4.78, 5) is 26.9. The number of nitrogens with one attached hydrogen (secondary N) is 1. The lowest BCUT2D eigenvalue weighted by molar-refractivity contribution is 0.0942. The second-order valence-electron chi connectivity index (χ2n) is 6.90. The third-order valence-corrected chi connectivity index (χ3v) is 4.42. The molecule has 0 fully saturated rings. The summed E-state index contributed by atoms with van der Waals surface area (Å²) >= 11 is 0. The van der Waals surface area contributed by atoms with Crippen LogP contribution in [0.5, 0.6) is 0 Å². The molecule has 1 N–H and O–H groups in total. The minimum absolute atomic E-state index is 0.0142. The number of carbonyl (C=O) groups is 2. The third-order valence-electron chi connectivity index (χ3n) is 4.42. The molecule has 0 spiro atoms. The van der Waals surface area contributed by atoms with Crippen LogP contribution in [0.15, 0.2) is 42.5 Å². The number of aryl methyl sites for hydroxylation is 2. The predicted molar refractivity (Wildman–Crippen MR) is 100 cm³/mol. The Morgan fingerprint density at radius 1 is 1.04 bits per heavy atom. The molecule has 0 aliphatic carbocycles. The van der Waals surface area contributed by atoms with Crippen LogP contribution in [0.4, 0.5) is 5.69 Å². The van der Waals surface area contributed by atoms with Gasteiger partial charge in [-0.25, -0.2) is 0 Å². The lowest BCUT2D eigenvalue weighted by Gasteiger charge is -2.30. The lowest BCUT2D eigenvalue weighted by Crippen LogP contribution is -2.36. The molecule has 0 radical (unpaired) electrons. The molecule has 1 heterocycles. The fourth-order valence-corrected chi connectivity index (χ4v) is 3.15. The van der Waals surface area contributed by atoms with Crippen LogP contribution in [-0.2, 0) is 6.42 Å². The predicted octanol–water partition coefficient (Wildman–Crippen LogP) is 3.73. The zero-order chi connectivity index (χ0) is 18.0. The van der Waals surface area contributed by atoms with Gasteiger partial charge >= 0.3 is 0 Å². The quantitative estimate of drug-likeness (QED) is 0.928. The third kappa shape index (κ3) is 3.73. The highest BCUT2D eigenvalue weighted by molar-refractivity contribution is 6.07. The summed E-state index contributed by atoms with van der Waals surface area (Å²) in [5.41, 5.74) is 4.45. The van der Waals surface area contributed by atoms with E-state index < -0.39 is 0 Å². The van der Waals surface area contributed by atoms with Crippen molar-refractivity contribution in [3.63, 3.8) is 0 Å². The van der Waals surface area contributed by atoms with Gasteiger partial charge in [0.05, 0.1) is 0 Å². The van der Waals surface area contributed by atoms with Crippen molar-refractivity contribution < 1.29 is 9.59 Å². The highest BCUT2D eigenvalue weighted by Gasteiger charge is 2.24. The summed E-state index contributed by atoms with van der Waals surface area (Å²) in [5, 5.41) is 2.91. The largest absolute Gasteiger partial charge is 0.350 e. The number of carbonyl (C=O) groups excluding carboxylic acids is 2. The summed E-state index contributed by atoms with van der Waals surface area (Å²) < 4.78 is 0. The summed E-state index contributed by atoms with van der Waals surface area (Å²) in [6, 6.07) is 13.4. The maximum atomic E-state index is 12.9. The van der Waals surface area contributed by atoms with E-state index in [0.717, 1.165) is 29.7 Å². The molecule has 1 aliphatic heterocycles. The van der Waals surface area contributed by atoms with Crippen LogP contribution in [0.25, 0.3) is 0 Å². The minimum Gasteiger partial charge on any atom is -0.350 e. The van der Waals surface area contributed by atoms with Gasteiger partial charge in [-0.2, -0.15) is 0 Å². The van der Waals surface area contributed by atoms with Crippen molar-refractivity contribution >= 4 is 17.5 Å². The van der Waals surface area contributed by atoms with E-state index in [0.29, 0.717) is 17.7 Å².